The van der Waals surface area contributed by atoms with Crippen molar-refractivity contribution in [2.75, 3.05) is 4.90 Å². The van der Waals surface area contributed by atoms with E-state index >= 15 is 0 Å². The Balaban J connectivity index is 1.67. The van der Waals surface area contributed by atoms with Crippen LogP contribution in [0.15, 0.2) is 48.8 Å². The Bertz CT molecular complexity index is 868. The molecule has 0 saturated heterocycles. The maximum Gasteiger partial charge on any atom is 0.231 e. The summed E-state index contributed by atoms with van der Waals surface area (Å²) < 4.78 is 0. The molecule has 1 aliphatic heterocycles. The third-order valence-corrected chi connectivity index (χ3v) is 4.65. The molecule has 2 aromatic heterocycles. The number of benzene rings is 1. The van der Waals surface area contributed by atoms with Gasteiger partial charge in [-0.05, 0) is 43.5 Å². The van der Waals surface area contributed by atoms with Crippen molar-refractivity contribution in [3.8, 4) is 0 Å². The number of amides is 1. The van der Waals surface area contributed by atoms with Crippen LogP contribution in [0.5, 0.6) is 0 Å². The van der Waals surface area contributed by atoms with Crippen molar-refractivity contribution in [3.05, 3.63) is 60.0 Å². The van der Waals surface area contributed by atoms with Gasteiger partial charge in [-0.15, -0.1) is 0 Å². The molecule has 0 fully saturated rings. The number of hydrogen-bond donors (Lipinski definition) is 1. The second kappa shape index (κ2) is 5.54. The molecule has 1 amide bonds. The molecule has 116 valence electrons. The van der Waals surface area contributed by atoms with Crippen molar-refractivity contribution in [2.24, 2.45) is 0 Å². The van der Waals surface area contributed by atoms with Crippen LogP contribution in [0.3, 0.4) is 0 Å². The molecule has 4 rings (SSSR count). The van der Waals surface area contributed by atoms with Crippen LogP contribution in [0.4, 0.5) is 5.69 Å². The molecule has 3 aromatic rings. The molecular weight excluding hydrogens is 286 g/mol. The highest BCUT2D eigenvalue weighted by Crippen LogP contribution is 2.30. The van der Waals surface area contributed by atoms with Gasteiger partial charge in [-0.3, -0.25) is 9.78 Å². The average Bonchev–Trinajstić information content (AvgIpc) is 2.98. The van der Waals surface area contributed by atoms with Gasteiger partial charge in [-0.1, -0.05) is 18.2 Å². The van der Waals surface area contributed by atoms with E-state index in [1.165, 1.54) is 0 Å². The van der Waals surface area contributed by atoms with E-state index in [-0.39, 0.29) is 11.9 Å². The van der Waals surface area contributed by atoms with Crippen LogP contribution in [-0.4, -0.2) is 21.9 Å². The Morgan fingerprint density at radius 3 is 3.09 bits per heavy atom. The van der Waals surface area contributed by atoms with E-state index in [0.717, 1.165) is 40.7 Å². The minimum Gasteiger partial charge on any atom is -0.361 e. The van der Waals surface area contributed by atoms with E-state index in [0.29, 0.717) is 6.42 Å². The summed E-state index contributed by atoms with van der Waals surface area (Å²) in [6.45, 7) is 2.11. The zero-order valence-electron chi connectivity index (χ0n) is 13.1. The van der Waals surface area contributed by atoms with Crippen molar-refractivity contribution in [1.82, 2.24) is 9.97 Å². The number of nitrogens with zero attached hydrogens (tertiary/aromatic N) is 2. The number of para-hydroxylation sites is 1. The molecule has 1 N–H and O–H groups in total. The number of rotatable bonds is 2. The lowest BCUT2D eigenvalue weighted by molar-refractivity contribution is -0.118. The smallest absolute Gasteiger partial charge is 0.231 e. The zero-order valence-corrected chi connectivity index (χ0v) is 13.1. The molecular formula is C19H19N3O. The van der Waals surface area contributed by atoms with Crippen LogP contribution in [0.2, 0.25) is 0 Å². The van der Waals surface area contributed by atoms with Gasteiger partial charge in [0.05, 0.1) is 17.8 Å². The molecule has 1 aliphatic rings. The first-order valence-electron chi connectivity index (χ1n) is 8.05. The van der Waals surface area contributed by atoms with Gasteiger partial charge in [0.15, 0.2) is 0 Å². The molecule has 3 heterocycles. The summed E-state index contributed by atoms with van der Waals surface area (Å²) in [4.78, 5) is 22.6. The molecule has 23 heavy (non-hydrogen) atoms. The third-order valence-electron chi connectivity index (χ3n) is 4.65. The van der Waals surface area contributed by atoms with Gasteiger partial charge in [0.2, 0.25) is 5.91 Å². The van der Waals surface area contributed by atoms with Gasteiger partial charge >= 0.3 is 0 Å². The Kier molecular flexibility index (Phi) is 3.37. The second-order valence-corrected chi connectivity index (χ2v) is 6.16. The van der Waals surface area contributed by atoms with Crippen molar-refractivity contribution in [3.63, 3.8) is 0 Å². The van der Waals surface area contributed by atoms with Gasteiger partial charge in [0.1, 0.15) is 0 Å². The van der Waals surface area contributed by atoms with E-state index in [1.807, 2.05) is 41.4 Å². The molecule has 4 nitrogen and oxygen atoms in total. The number of aromatic nitrogens is 2. The van der Waals surface area contributed by atoms with Crippen LogP contribution in [0.25, 0.3) is 10.9 Å². The summed E-state index contributed by atoms with van der Waals surface area (Å²) in [5.74, 6) is 0.135. The summed E-state index contributed by atoms with van der Waals surface area (Å²) in [6.07, 6.45) is 6.05. The largest absolute Gasteiger partial charge is 0.361 e. The van der Waals surface area contributed by atoms with Gasteiger partial charge in [-0.2, -0.15) is 0 Å². The predicted octanol–water partition coefficient (Wildman–Crippen LogP) is 3.47. The minimum absolute atomic E-state index is 0.135. The lowest BCUT2D eigenvalue weighted by atomic mass is 9.99. The summed E-state index contributed by atoms with van der Waals surface area (Å²) in [7, 11) is 0. The van der Waals surface area contributed by atoms with E-state index in [4.69, 9.17) is 0 Å². The minimum atomic E-state index is 0.135. The Morgan fingerprint density at radius 1 is 1.30 bits per heavy atom. The van der Waals surface area contributed by atoms with Crippen molar-refractivity contribution in [2.45, 2.75) is 32.2 Å². The number of aromatic amines is 1. The van der Waals surface area contributed by atoms with Gasteiger partial charge in [-0.25, -0.2) is 0 Å². The van der Waals surface area contributed by atoms with Crippen molar-refractivity contribution < 1.29 is 4.79 Å². The van der Waals surface area contributed by atoms with Crippen LogP contribution in [0.1, 0.15) is 24.6 Å². The van der Waals surface area contributed by atoms with Crippen LogP contribution in [-0.2, 0) is 17.6 Å². The van der Waals surface area contributed by atoms with Crippen molar-refractivity contribution >= 4 is 22.5 Å². The molecule has 0 saturated carbocycles. The van der Waals surface area contributed by atoms with Gasteiger partial charge < -0.3 is 9.88 Å². The molecule has 1 aromatic carbocycles. The highest BCUT2D eigenvalue weighted by Gasteiger charge is 2.29. The van der Waals surface area contributed by atoms with E-state index in [9.17, 15) is 4.79 Å². The predicted molar refractivity (Wildman–Crippen MR) is 91.5 cm³/mol. The number of pyridine rings is 1. The number of anilines is 1. The second-order valence-electron chi connectivity index (χ2n) is 6.16. The maximum atomic E-state index is 13.0. The average molecular weight is 305 g/mol. The summed E-state index contributed by atoms with van der Waals surface area (Å²) in [6, 6.07) is 12.2. The van der Waals surface area contributed by atoms with Crippen molar-refractivity contribution in [1.29, 1.82) is 0 Å². The maximum absolute atomic E-state index is 13.0. The Hall–Kier alpha value is -2.62. The fraction of sp³-hybridized carbons (Fsp3) is 0.263. The van der Waals surface area contributed by atoms with Gasteiger partial charge in [0.25, 0.3) is 0 Å². The molecule has 0 spiro atoms. The molecule has 0 radical (unpaired) electrons. The number of nitrogens with one attached hydrogen (secondary N) is 1. The van der Waals surface area contributed by atoms with Crippen LogP contribution in [0, 0.1) is 0 Å². The fourth-order valence-corrected chi connectivity index (χ4v) is 3.46. The van der Waals surface area contributed by atoms with E-state index < -0.39 is 0 Å². The lowest BCUT2D eigenvalue weighted by Crippen LogP contribution is -2.43. The highest BCUT2D eigenvalue weighted by molar-refractivity contribution is 5.98. The highest BCUT2D eigenvalue weighted by atomic mass is 16.2. The quantitative estimate of drug-likeness (QED) is 0.788. The first-order valence-corrected chi connectivity index (χ1v) is 8.05. The molecule has 0 aliphatic carbocycles. The molecule has 0 bridgehead atoms. The zero-order chi connectivity index (χ0) is 15.8. The first-order chi connectivity index (χ1) is 11.2. The number of aryl methyl sites for hydroxylation is 1. The number of hydrogen-bond acceptors (Lipinski definition) is 2. The monoisotopic (exact) mass is 305 g/mol. The summed E-state index contributed by atoms with van der Waals surface area (Å²) in [5.41, 5.74) is 4.12. The number of fused-ring (bicyclic) bond motifs is 2. The Labute approximate surface area is 135 Å². The normalized spacial score (nSPS) is 17.3. The standard InChI is InChI=1S/C19H19N3O/c1-13-8-9-17-18(7-4-10-20-17)22(13)19(23)11-14-12-21-16-6-3-2-5-15(14)16/h2-7,10,12-13,21H,8-9,11H2,1H3. The molecule has 1 unspecified atom stereocenters. The van der Waals surface area contributed by atoms with E-state index in [2.05, 4.69) is 23.0 Å². The lowest BCUT2D eigenvalue weighted by Gasteiger charge is -2.34. The summed E-state index contributed by atoms with van der Waals surface area (Å²) >= 11 is 0. The fourth-order valence-electron chi connectivity index (χ4n) is 3.46. The topological polar surface area (TPSA) is 49.0 Å². The number of carbonyl (C=O) groups excluding carboxylic acids is 1. The SMILES string of the molecule is CC1CCc2ncccc2N1C(=O)Cc1c[nH]c2ccccc12. The Morgan fingerprint density at radius 2 is 2.17 bits per heavy atom. The van der Waals surface area contributed by atoms with Crippen LogP contribution >= 0.6 is 0 Å². The molecule has 1 atom stereocenters. The number of carbonyl (C=O) groups is 1. The third kappa shape index (κ3) is 2.40. The van der Waals surface area contributed by atoms with Gasteiger partial charge in [0, 0.05) is 29.3 Å². The van der Waals surface area contributed by atoms with Crippen LogP contribution < -0.4 is 4.90 Å². The molecule has 4 heteroatoms. The number of H-pyrrole nitrogens is 1. The van der Waals surface area contributed by atoms with E-state index in [1.54, 1.807) is 6.20 Å². The first kappa shape index (κ1) is 14.0. The summed E-state index contributed by atoms with van der Waals surface area (Å²) in [5, 5.41) is 1.12.